The van der Waals surface area contributed by atoms with E-state index < -0.39 is 29.3 Å². The highest BCUT2D eigenvalue weighted by molar-refractivity contribution is 7.16. The summed E-state index contributed by atoms with van der Waals surface area (Å²) in [5, 5.41) is 2.76. The average Bonchev–Trinajstić information content (AvgIpc) is 3.37. The van der Waals surface area contributed by atoms with Crippen LogP contribution >= 0.6 is 11.3 Å². The van der Waals surface area contributed by atoms with Gasteiger partial charge in [-0.15, -0.1) is 11.3 Å². The first-order valence-corrected chi connectivity index (χ1v) is 13.4. The van der Waals surface area contributed by atoms with Crippen molar-refractivity contribution in [1.82, 2.24) is 14.5 Å². The molecule has 2 aromatic carbocycles. The fraction of sp³-hybridized carbons (Fsp3) is 0.321. The smallest absolute Gasteiger partial charge is 0.264 e. The second kappa shape index (κ2) is 10.5. The molecule has 1 fully saturated rings. The summed E-state index contributed by atoms with van der Waals surface area (Å²) in [6.45, 7) is 5.29. The SMILES string of the molecule is CC1CN(c2cc(F)c(-c3ccc4ncsc4c3)cc2NC(=O)c2cn(C)c(=O)cc2C(F)F)CC(C)N1C. The number of benzene rings is 2. The first-order valence-electron chi connectivity index (χ1n) is 12.5. The molecule has 0 aliphatic carbocycles. The minimum atomic E-state index is -3.02. The Hall–Kier alpha value is -3.70. The van der Waals surface area contributed by atoms with E-state index in [0.29, 0.717) is 30.0 Å². The second-order valence-electron chi connectivity index (χ2n) is 10.00. The number of hydrogen-bond donors (Lipinski definition) is 1. The number of rotatable bonds is 5. The van der Waals surface area contributed by atoms with E-state index in [2.05, 4.69) is 29.0 Å². The van der Waals surface area contributed by atoms with Crippen LogP contribution in [0.3, 0.4) is 0 Å². The number of carbonyl (C=O) groups is 1. The summed E-state index contributed by atoms with van der Waals surface area (Å²) in [6.07, 6.45) is -1.92. The molecule has 1 aliphatic heterocycles. The van der Waals surface area contributed by atoms with Crippen molar-refractivity contribution in [3.63, 3.8) is 0 Å². The van der Waals surface area contributed by atoms with Crippen molar-refractivity contribution in [2.45, 2.75) is 32.4 Å². The van der Waals surface area contributed by atoms with Gasteiger partial charge in [-0.3, -0.25) is 14.5 Å². The largest absolute Gasteiger partial charge is 0.367 e. The number of alkyl halides is 2. The second-order valence-corrected chi connectivity index (χ2v) is 10.9. The van der Waals surface area contributed by atoms with E-state index in [1.807, 2.05) is 18.0 Å². The number of piperazine rings is 1. The van der Waals surface area contributed by atoms with Crippen molar-refractivity contribution >= 4 is 38.8 Å². The van der Waals surface area contributed by atoms with Crippen LogP contribution < -0.4 is 15.8 Å². The number of nitrogens with one attached hydrogen (secondary N) is 1. The Kier molecular flexibility index (Phi) is 7.21. The van der Waals surface area contributed by atoms with Crippen molar-refractivity contribution in [3.05, 3.63) is 75.4 Å². The van der Waals surface area contributed by atoms with Crippen molar-refractivity contribution < 1.29 is 18.0 Å². The summed E-state index contributed by atoms with van der Waals surface area (Å²) in [5.41, 5.74) is 2.48. The van der Waals surface area contributed by atoms with Gasteiger partial charge in [0.2, 0.25) is 0 Å². The Balaban J connectivity index is 1.62. The van der Waals surface area contributed by atoms with Crippen LogP contribution in [0, 0.1) is 5.82 Å². The normalized spacial score (nSPS) is 18.2. The van der Waals surface area contributed by atoms with Crippen molar-refractivity contribution in [3.8, 4) is 11.1 Å². The molecule has 11 heteroatoms. The van der Waals surface area contributed by atoms with Gasteiger partial charge < -0.3 is 14.8 Å². The minimum absolute atomic E-state index is 0.155. The van der Waals surface area contributed by atoms with E-state index in [4.69, 9.17) is 0 Å². The molecule has 1 saturated heterocycles. The zero-order valence-electron chi connectivity index (χ0n) is 21.9. The molecular formula is C28H28F3N5O2S. The van der Waals surface area contributed by atoms with Crippen LogP contribution in [0.1, 0.15) is 36.2 Å². The molecule has 0 spiro atoms. The van der Waals surface area contributed by atoms with E-state index >= 15 is 4.39 Å². The summed E-state index contributed by atoms with van der Waals surface area (Å²) in [6, 6.07) is 9.40. The molecule has 2 unspecified atom stereocenters. The number of fused-ring (bicyclic) bond motifs is 1. The van der Waals surface area contributed by atoms with Crippen LogP contribution in [-0.4, -0.2) is 52.6 Å². The Morgan fingerprint density at radius 1 is 1.10 bits per heavy atom. The number of amides is 1. The number of thiazole rings is 1. The Bertz CT molecular complexity index is 1610. The lowest BCUT2D eigenvalue weighted by Crippen LogP contribution is -2.55. The molecular weight excluding hydrogens is 527 g/mol. The molecule has 4 aromatic rings. The fourth-order valence-electron chi connectivity index (χ4n) is 4.97. The summed E-state index contributed by atoms with van der Waals surface area (Å²) in [5.74, 6) is -1.28. The highest BCUT2D eigenvalue weighted by atomic mass is 32.1. The lowest BCUT2D eigenvalue weighted by molar-refractivity contribution is 0.101. The maximum absolute atomic E-state index is 15.7. The third-order valence-electron chi connectivity index (χ3n) is 7.42. The van der Waals surface area contributed by atoms with Gasteiger partial charge in [-0.25, -0.2) is 18.2 Å². The van der Waals surface area contributed by atoms with Crippen molar-refractivity contribution in [1.29, 1.82) is 0 Å². The number of likely N-dealkylation sites (N-methyl/N-ethyl adjacent to an activating group) is 1. The summed E-state index contributed by atoms with van der Waals surface area (Å²) in [7, 11) is 3.42. The first kappa shape index (κ1) is 26.9. The van der Waals surface area contributed by atoms with E-state index in [9.17, 15) is 18.4 Å². The van der Waals surface area contributed by atoms with Crippen LogP contribution in [0.4, 0.5) is 24.5 Å². The number of nitrogens with zero attached hydrogens (tertiary/aromatic N) is 4. The molecule has 3 heterocycles. The number of hydrogen-bond acceptors (Lipinski definition) is 6. The summed E-state index contributed by atoms with van der Waals surface area (Å²) >= 11 is 1.43. The molecule has 0 saturated carbocycles. The van der Waals surface area contributed by atoms with E-state index in [1.165, 1.54) is 24.5 Å². The predicted molar refractivity (Wildman–Crippen MR) is 149 cm³/mol. The van der Waals surface area contributed by atoms with Gasteiger partial charge in [0, 0.05) is 55.6 Å². The maximum Gasteiger partial charge on any atom is 0.264 e. The van der Waals surface area contributed by atoms with E-state index in [-0.39, 0.29) is 23.2 Å². The molecule has 1 aliphatic rings. The topological polar surface area (TPSA) is 70.5 Å². The Morgan fingerprint density at radius 3 is 2.51 bits per heavy atom. The average molecular weight is 556 g/mol. The number of aromatic nitrogens is 2. The van der Waals surface area contributed by atoms with Gasteiger partial charge in [-0.05, 0) is 50.7 Å². The highest BCUT2D eigenvalue weighted by Crippen LogP contribution is 2.37. The Morgan fingerprint density at radius 2 is 1.82 bits per heavy atom. The lowest BCUT2D eigenvalue weighted by Gasteiger charge is -2.44. The third-order valence-corrected chi connectivity index (χ3v) is 8.21. The molecule has 0 bridgehead atoms. The van der Waals surface area contributed by atoms with Crippen LogP contribution in [0.5, 0.6) is 0 Å². The molecule has 7 nitrogen and oxygen atoms in total. The molecule has 0 radical (unpaired) electrons. The zero-order valence-corrected chi connectivity index (χ0v) is 22.7. The van der Waals surface area contributed by atoms with Gasteiger partial charge in [0.15, 0.2) is 0 Å². The number of halogens is 3. The number of anilines is 2. The molecule has 39 heavy (non-hydrogen) atoms. The molecule has 1 amide bonds. The van der Waals surface area contributed by atoms with Gasteiger partial charge in [-0.1, -0.05) is 6.07 Å². The van der Waals surface area contributed by atoms with Gasteiger partial charge >= 0.3 is 0 Å². The number of carbonyl (C=O) groups excluding carboxylic acids is 1. The van der Waals surface area contributed by atoms with Crippen LogP contribution in [-0.2, 0) is 7.05 Å². The molecule has 204 valence electrons. The minimum Gasteiger partial charge on any atom is -0.367 e. The van der Waals surface area contributed by atoms with E-state index in [1.54, 1.807) is 23.7 Å². The first-order chi connectivity index (χ1) is 18.5. The summed E-state index contributed by atoms with van der Waals surface area (Å²) in [4.78, 5) is 33.9. The van der Waals surface area contributed by atoms with Crippen LogP contribution in [0.15, 0.2) is 52.9 Å². The monoisotopic (exact) mass is 555 g/mol. The Labute approximate surface area is 227 Å². The summed E-state index contributed by atoms with van der Waals surface area (Å²) < 4.78 is 45.2. The van der Waals surface area contributed by atoms with Gasteiger partial charge in [0.05, 0.1) is 32.7 Å². The highest BCUT2D eigenvalue weighted by Gasteiger charge is 2.30. The van der Waals surface area contributed by atoms with Gasteiger partial charge in [-0.2, -0.15) is 0 Å². The molecule has 1 N–H and O–H groups in total. The van der Waals surface area contributed by atoms with Gasteiger partial charge in [0.1, 0.15) is 5.82 Å². The van der Waals surface area contributed by atoms with Crippen molar-refractivity contribution in [2.24, 2.45) is 7.05 Å². The van der Waals surface area contributed by atoms with Crippen molar-refractivity contribution in [2.75, 3.05) is 30.4 Å². The van der Waals surface area contributed by atoms with E-state index in [0.717, 1.165) is 27.0 Å². The fourth-order valence-corrected chi connectivity index (χ4v) is 5.69. The maximum atomic E-state index is 15.7. The number of pyridine rings is 1. The van der Waals surface area contributed by atoms with Gasteiger partial charge in [0.25, 0.3) is 17.9 Å². The quantitative estimate of drug-likeness (QED) is 0.351. The third kappa shape index (κ3) is 5.16. The zero-order chi connectivity index (χ0) is 28.0. The standard InChI is InChI=1S/C28H28F3N5O2S/c1-15-11-36(12-16(2)35(15)4)24-10-21(29)18(17-5-6-22-25(7-17)39-14-32-22)8-23(24)33-28(38)20-13-34(3)26(37)9-19(20)27(30)31/h5-10,13-16,27H,11-12H2,1-4H3,(H,33,38). The van der Waals surface area contributed by atoms with Crippen LogP contribution in [0.2, 0.25) is 0 Å². The molecule has 5 rings (SSSR count). The lowest BCUT2D eigenvalue weighted by atomic mass is 10.0. The molecule has 2 aromatic heterocycles. The predicted octanol–water partition coefficient (Wildman–Crippen LogP) is 5.52. The molecule has 2 atom stereocenters. The van der Waals surface area contributed by atoms with Crippen LogP contribution in [0.25, 0.3) is 21.3 Å². The number of aryl methyl sites for hydroxylation is 1.